The van der Waals surface area contributed by atoms with Crippen molar-refractivity contribution in [2.24, 2.45) is 0 Å². The van der Waals surface area contributed by atoms with Crippen molar-refractivity contribution in [1.82, 2.24) is 9.38 Å². The van der Waals surface area contributed by atoms with E-state index in [1.165, 1.54) is 11.1 Å². The predicted octanol–water partition coefficient (Wildman–Crippen LogP) is 4.84. The highest BCUT2D eigenvalue weighted by Gasteiger charge is 2.20. The first-order valence-corrected chi connectivity index (χ1v) is 9.94. The monoisotopic (exact) mass is 399 g/mol. The Morgan fingerprint density at radius 2 is 1.73 bits per heavy atom. The van der Waals surface area contributed by atoms with Gasteiger partial charge >= 0.3 is 0 Å². The molecule has 0 aliphatic rings. The van der Waals surface area contributed by atoms with E-state index in [4.69, 9.17) is 4.98 Å². The number of phenols is 1. The minimum Gasteiger partial charge on any atom is -0.508 e. The van der Waals surface area contributed by atoms with E-state index in [-0.39, 0.29) is 18.1 Å². The SMILES string of the molecule is Cc1ccn2c(CC(=O)N(C)c3ccc(O)cc3)c(-c3ccc(C)c(C)c3)nc2c1. The molecule has 0 aliphatic carbocycles. The number of imidazole rings is 1. The summed E-state index contributed by atoms with van der Waals surface area (Å²) in [5.41, 5.74) is 7.81. The maximum absolute atomic E-state index is 13.1. The fraction of sp³-hybridized carbons (Fsp3) is 0.200. The van der Waals surface area contributed by atoms with Gasteiger partial charge in [0, 0.05) is 24.5 Å². The van der Waals surface area contributed by atoms with Crippen LogP contribution in [0.3, 0.4) is 0 Å². The number of rotatable bonds is 4. The molecular formula is C25H25N3O2. The molecule has 0 bridgehead atoms. The first-order chi connectivity index (χ1) is 14.3. The third-order valence-electron chi connectivity index (χ3n) is 5.59. The summed E-state index contributed by atoms with van der Waals surface area (Å²) in [7, 11) is 1.75. The van der Waals surface area contributed by atoms with Crippen LogP contribution in [0.25, 0.3) is 16.9 Å². The molecule has 0 aliphatic heterocycles. The van der Waals surface area contributed by atoms with Gasteiger partial charge < -0.3 is 14.4 Å². The Kier molecular flexibility index (Phi) is 5.04. The number of carbonyl (C=O) groups is 1. The Morgan fingerprint density at radius 3 is 2.43 bits per heavy atom. The van der Waals surface area contributed by atoms with Crippen molar-refractivity contribution in [2.75, 3.05) is 11.9 Å². The van der Waals surface area contributed by atoms with E-state index < -0.39 is 0 Å². The number of nitrogens with zero attached hydrogens (tertiary/aromatic N) is 3. The molecular weight excluding hydrogens is 374 g/mol. The quantitative estimate of drug-likeness (QED) is 0.534. The summed E-state index contributed by atoms with van der Waals surface area (Å²) in [6.45, 7) is 6.21. The summed E-state index contributed by atoms with van der Waals surface area (Å²) in [6.07, 6.45) is 2.19. The van der Waals surface area contributed by atoms with Gasteiger partial charge in [0.05, 0.1) is 17.8 Å². The number of pyridine rings is 1. The van der Waals surface area contributed by atoms with E-state index in [0.29, 0.717) is 0 Å². The molecule has 2 aromatic heterocycles. The van der Waals surface area contributed by atoms with Crippen LogP contribution in [0.4, 0.5) is 5.69 Å². The van der Waals surface area contributed by atoms with Crippen LogP contribution in [0.5, 0.6) is 5.75 Å². The van der Waals surface area contributed by atoms with Crippen molar-refractivity contribution in [2.45, 2.75) is 27.2 Å². The number of phenolic OH excluding ortho intramolecular Hbond substituents is 1. The number of aryl methyl sites for hydroxylation is 3. The highest BCUT2D eigenvalue weighted by molar-refractivity contribution is 5.95. The molecule has 5 nitrogen and oxygen atoms in total. The van der Waals surface area contributed by atoms with Gasteiger partial charge in [-0.1, -0.05) is 12.1 Å². The zero-order chi connectivity index (χ0) is 21.4. The summed E-state index contributed by atoms with van der Waals surface area (Å²) in [5, 5.41) is 9.51. The van der Waals surface area contributed by atoms with Gasteiger partial charge in [-0.2, -0.15) is 0 Å². The van der Waals surface area contributed by atoms with Crippen LogP contribution in [0, 0.1) is 20.8 Å². The van der Waals surface area contributed by atoms with Crippen LogP contribution in [0.1, 0.15) is 22.4 Å². The third kappa shape index (κ3) is 3.66. The van der Waals surface area contributed by atoms with Crippen molar-refractivity contribution in [3.8, 4) is 17.0 Å². The maximum Gasteiger partial charge on any atom is 0.232 e. The molecule has 2 heterocycles. The summed E-state index contributed by atoms with van der Waals surface area (Å²) < 4.78 is 2.00. The standard InChI is InChI=1S/C25H25N3O2/c1-16-11-12-28-22(15-24(30)27(4)20-7-9-21(29)10-8-20)25(26-23(28)13-16)19-6-5-17(2)18(3)14-19/h5-14,29H,15H2,1-4H3. The third-order valence-corrected chi connectivity index (χ3v) is 5.59. The molecule has 30 heavy (non-hydrogen) atoms. The number of hydrogen-bond donors (Lipinski definition) is 1. The molecule has 1 N–H and O–H groups in total. The molecule has 0 saturated carbocycles. The Morgan fingerprint density at radius 1 is 1.00 bits per heavy atom. The average molecular weight is 399 g/mol. The largest absolute Gasteiger partial charge is 0.508 e. The summed E-state index contributed by atoms with van der Waals surface area (Å²) in [5.74, 6) is 0.127. The van der Waals surface area contributed by atoms with Crippen molar-refractivity contribution in [3.05, 3.63) is 83.2 Å². The molecule has 4 aromatic rings. The zero-order valence-electron chi connectivity index (χ0n) is 17.7. The second kappa shape index (κ2) is 7.67. The predicted molar refractivity (Wildman–Crippen MR) is 120 cm³/mol. The van der Waals surface area contributed by atoms with Crippen LogP contribution in [0.15, 0.2) is 60.8 Å². The maximum atomic E-state index is 13.1. The minimum atomic E-state index is -0.0480. The Bertz CT molecular complexity index is 1240. The van der Waals surface area contributed by atoms with Crippen molar-refractivity contribution >= 4 is 17.2 Å². The van der Waals surface area contributed by atoms with Gasteiger partial charge in [-0.15, -0.1) is 0 Å². The molecule has 0 radical (unpaired) electrons. The van der Waals surface area contributed by atoms with Gasteiger partial charge in [0.1, 0.15) is 11.4 Å². The number of benzene rings is 2. The summed E-state index contributed by atoms with van der Waals surface area (Å²) in [4.78, 5) is 19.6. The molecule has 0 atom stereocenters. The van der Waals surface area contributed by atoms with Gasteiger partial charge in [0.2, 0.25) is 5.91 Å². The highest BCUT2D eigenvalue weighted by atomic mass is 16.3. The number of hydrogen-bond acceptors (Lipinski definition) is 3. The van der Waals surface area contributed by atoms with Gasteiger partial charge in [0.25, 0.3) is 0 Å². The van der Waals surface area contributed by atoms with Crippen LogP contribution < -0.4 is 4.90 Å². The molecule has 0 spiro atoms. The average Bonchev–Trinajstić information content (AvgIpc) is 3.07. The van der Waals surface area contributed by atoms with Crippen molar-refractivity contribution < 1.29 is 9.90 Å². The smallest absolute Gasteiger partial charge is 0.232 e. The molecule has 5 heteroatoms. The fourth-order valence-corrected chi connectivity index (χ4v) is 3.57. The van der Waals surface area contributed by atoms with Gasteiger partial charge in [-0.3, -0.25) is 4.79 Å². The van der Waals surface area contributed by atoms with Crippen molar-refractivity contribution in [3.63, 3.8) is 0 Å². The lowest BCUT2D eigenvalue weighted by Crippen LogP contribution is -2.28. The molecule has 4 rings (SSSR count). The fourth-order valence-electron chi connectivity index (χ4n) is 3.57. The normalized spacial score (nSPS) is 11.1. The van der Waals surface area contributed by atoms with E-state index in [2.05, 4.69) is 32.0 Å². The molecule has 2 aromatic carbocycles. The second-order valence-corrected chi connectivity index (χ2v) is 7.78. The van der Waals surface area contributed by atoms with E-state index >= 15 is 0 Å². The topological polar surface area (TPSA) is 57.8 Å². The number of aromatic hydroxyl groups is 1. The number of aromatic nitrogens is 2. The van der Waals surface area contributed by atoms with E-state index in [9.17, 15) is 9.90 Å². The van der Waals surface area contributed by atoms with Crippen LogP contribution >= 0.6 is 0 Å². The van der Waals surface area contributed by atoms with Crippen LogP contribution in [-0.4, -0.2) is 27.4 Å². The molecule has 152 valence electrons. The number of likely N-dealkylation sites (N-methyl/N-ethyl adjacent to an activating group) is 1. The number of carbonyl (C=O) groups excluding carboxylic acids is 1. The Labute approximate surface area is 176 Å². The lowest BCUT2D eigenvalue weighted by Gasteiger charge is -2.18. The lowest BCUT2D eigenvalue weighted by molar-refractivity contribution is -0.117. The van der Waals surface area contributed by atoms with E-state index in [0.717, 1.165) is 33.8 Å². The summed E-state index contributed by atoms with van der Waals surface area (Å²) in [6, 6.07) is 17.0. The minimum absolute atomic E-state index is 0.0480. The lowest BCUT2D eigenvalue weighted by atomic mass is 10.0. The second-order valence-electron chi connectivity index (χ2n) is 7.78. The van der Waals surface area contributed by atoms with Gasteiger partial charge in [-0.25, -0.2) is 4.98 Å². The van der Waals surface area contributed by atoms with Crippen LogP contribution in [-0.2, 0) is 11.2 Å². The summed E-state index contributed by atoms with van der Waals surface area (Å²) >= 11 is 0. The Hall–Kier alpha value is -3.60. The first kappa shape index (κ1) is 19.7. The van der Waals surface area contributed by atoms with Crippen molar-refractivity contribution in [1.29, 1.82) is 0 Å². The molecule has 1 amide bonds. The molecule has 0 unspecified atom stereocenters. The van der Waals surface area contributed by atoms with E-state index in [1.54, 1.807) is 36.2 Å². The number of amides is 1. The van der Waals surface area contributed by atoms with Gasteiger partial charge in [0.15, 0.2) is 0 Å². The molecule has 0 fully saturated rings. The highest BCUT2D eigenvalue weighted by Crippen LogP contribution is 2.28. The van der Waals surface area contributed by atoms with E-state index in [1.807, 2.05) is 29.7 Å². The van der Waals surface area contributed by atoms with Crippen LogP contribution in [0.2, 0.25) is 0 Å². The Balaban J connectivity index is 1.77. The first-order valence-electron chi connectivity index (χ1n) is 9.94. The number of anilines is 1. The van der Waals surface area contributed by atoms with Gasteiger partial charge in [-0.05, 0) is 79.9 Å². The number of fused-ring (bicyclic) bond motifs is 1. The zero-order valence-corrected chi connectivity index (χ0v) is 17.7. The molecule has 0 saturated heterocycles.